The normalized spacial score (nSPS) is 14.5. The van der Waals surface area contributed by atoms with E-state index in [2.05, 4.69) is 20.6 Å². The van der Waals surface area contributed by atoms with Gasteiger partial charge < -0.3 is 10.6 Å². The van der Waals surface area contributed by atoms with Gasteiger partial charge in [0.05, 0.1) is 10.8 Å². The minimum atomic E-state index is -4.42. The first-order chi connectivity index (χ1) is 11.0. The maximum Gasteiger partial charge on any atom is 0.434 e. The zero-order valence-corrected chi connectivity index (χ0v) is 15.3. The van der Waals surface area contributed by atoms with Crippen molar-refractivity contribution in [3.8, 4) is 0 Å². The third kappa shape index (κ3) is 7.95. The summed E-state index contributed by atoms with van der Waals surface area (Å²) in [6.45, 7) is 2.19. The first kappa shape index (κ1) is 20.7. The van der Waals surface area contributed by atoms with Crippen LogP contribution in [0.15, 0.2) is 10.4 Å². The van der Waals surface area contributed by atoms with Crippen molar-refractivity contribution in [2.24, 2.45) is 4.99 Å². The number of hydrogen-bond acceptors (Lipinski definition) is 5. The third-order valence-electron chi connectivity index (χ3n) is 3.00. The topological polar surface area (TPSA) is 83.4 Å². The van der Waals surface area contributed by atoms with Gasteiger partial charge in [-0.2, -0.15) is 13.2 Å². The molecule has 0 aliphatic carbocycles. The van der Waals surface area contributed by atoms with Gasteiger partial charge in [-0.3, -0.25) is 4.99 Å². The number of nitrogens with one attached hydrogen (secondary N) is 2. The van der Waals surface area contributed by atoms with Crippen LogP contribution in [0.3, 0.4) is 0 Å². The Morgan fingerprint density at radius 2 is 2.12 bits per heavy atom. The molecule has 0 aliphatic rings. The highest BCUT2D eigenvalue weighted by atomic mass is 32.2. The van der Waals surface area contributed by atoms with E-state index >= 15 is 0 Å². The summed E-state index contributed by atoms with van der Waals surface area (Å²) in [4.78, 5) is 7.54. The lowest BCUT2D eigenvalue weighted by molar-refractivity contribution is -0.140. The molecule has 1 aromatic heterocycles. The fourth-order valence-electron chi connectivity index (χ4n) is 1.73. The molecule has 0 saturated heterocycles. The van der Waals surface area contributed by atoms with Crippen molar-refractivity contribution in [2.45, 2.75) is 32.0 Å². The number of hydrogen-bond donors (Lipinski definition) is 2. The van der Waals surface area contributed by atoms with Gasteiger partial charge in [0.15, 0.2) is 11.7 Å². The number of aliphatic imine (C=N–C) groups is 1. The summed E-state index contributed by atoms with van der Waals surface area (Å²) >= 11 is 0.962. The molecule has 2 N–H and O–H groups in total. The van der Waals surface area contributed by atoms with Crippen LogP contribution in [0.5, 0.6) is 0 Å². The van der Waals surface area contributed by atoms with Crippen molar-refractivity contribution in [3.63, 3.8) is 0 Å². The van der Waals surface area contributed by atoms with Crippen molar-refractivity contribution < 1.29 is 21.6 Å². The molecule has 0 fully saturated rings. The van der Waals surface area contributed by atoms with Crippen LogP contribution >= 0.6 is 11.3 Å². The molecule has 0 saturated carbocycles. The zero-order valence-electron chi connectivity index (χ0n) is 13.6. The fraction of sp³-hybridized carbons (Fsp3) is 0.692. The second-order valence-corrected chi connectivity index (χ2v) is 8.54. The first-order valence-electron chi connectivity index (χ1n) is 7.18. The van der Waals surface area contributed by atoms with E-state index < -0.39 is 21.7 Å². The Kier molecular flexibility index (Phi) is 7.46. The van der Waals surface area contributed by atoms with Gasteiger partial charge in [-0.1, -0.05) is 0 Å². The molecule has 0 aromatic carbocycles. The quantitative estimate of drug-likeness (QED) is 0.550. The predicted molar refractivity (Wildman–Crippen MR) is 89.1 cm³/mol. The van der Waals surface area contributed by atoms with E-state index in [0.717, 1.165) is 16.7 Å². The number of aromatic nitrogens is 1. The minimum absolute atomic E-state index is 0.0670. The number of halogens is 3. The second-order valence-electron chi connectivity index (χ2n) is 5.34. The van der Waals surface area contributed by atoms with Crippen molar-refractivity contribution in [1.29, 1.82) is 0 Å². The van der Waals surface area contributed by atoms with Gasteiger partial charge in [-0.25, -0.2) is 13.4 Å². The predicted octanol–water partition coefficient (Wildman–Crippen LogP) is 1.69. The molecule has 1 heterocycles. The van der Waals surface area contributed by atoms with Gasteiger partial charge in [0, 0.05) is 37.7 Å². The van der Waals surface area contributed by atoms with Crippen molar-refractivity contribution >= 4 is 27.1 Å². The van der Waals surface area contributed by atoms with Crippen LogP contribution in [0.25, 0.3) is 0 Å². The molecule has 1 aromatic rings. The van der Waals surface area contributed by atoms with Crippen molar-refractivity contribution in [3.05, 3.63) is 16.1 Å². The summed E-state index contributed by atoms with van der Waals surface area (Å²) in [6.07, 6.45) is -2.48. The summed E-state index contributed by atoms with van der Waals surface area (Å²) in [5.41, 5.74) is -0.876. The molecule has 11 heteroatoms. The maximum atomic E-state index is 12.5. The third-order valence-corrected chi connectivity index (χ3v) is 4.89. The molecular formula is C13H21F3N4O2S2. The van der Waals surface area contributed by atoms with Gasteiger partial charge in [0.2, 0.25) is 0 Å². The SMILES string of the molecule is CN=C(NCCc1nc(C(F)(F)F)cs1)NC(C)CCS(C)(=O)=O. The van der Waals surface area contributed by atoms with Gasteiger partial charge >= 0.3 is 6.18 Å². The standard InChI is InChI=1S/C13H21F3N4O2S2/c1-9(5-7-24(3,21)22)19-12(17-2)18-6-4-11-20-10(8-23-11)13(14,15)16/h8-9H,4-7H2,1-3H3,(H2,17,18,19). The zero-order chi connectivity index (χ0) is 18.4. The van der Waals surface area contributed by atoms with Crippen LogP contribution in [0, 0.1) is 0 Å². The average Bonchev–Trinajstić information content (AvgIpc) is 2.92. The molecule has 24 heavy (non-hydrogen) atoms. The smallest absolute Gasteiger partial charge is 0.356 e. The Morgan fingerprint density at radius 1 is 1.46 bits per heavy atom. The van der Waals surface area contributed by atoms with E-state index in [0.29, 0.717) is 30.4 Å². The van der Waals surface area contributed by atoms with Gasteiger partial charge in [-0.05, 0) is 13.3 Å². The minimum Gasteiger partial charge on any atom is -0.356 e. The number of sulfone groups is 1. The van der Waals surface area contributed by atoms with Crippen LogP contribution in [-0.4, -0.2) is 51.0 Å². The molecule has 138 valence electrons. The second kappa shape index (κ2) is 8.65. The van der Waals surface area contributed by atoms with E-state index in [1.165, 1.54) is 6.26 Å². The lowest BCUT2D eigenvalue weighted by Crippen LogP contribution is -2.43. The monoisotopic (exact) mass is 386 g/mol. The van der Waals surface area contributed by atoms with Crippen LogP contribution < -0.4 is 10.6 Å². The van der Waals surface area contributed by atoms with Crippen molar-refractivity contribution in [1.82, 2.24) is 15.6 Å². The fourth-order valence-corrected chi connectivity index (χ4v) is 3.32. The molecule has 0 radical (unpaired) electrons. The van der Waals surface area contributed by atoms with Gasteiger partial charge in [0.25, 0.3) is 0 Å². The molecule has 6 nitrogen and oxygen atoms in total. The van der Waals surface area contributed by atoms with Crippen molar-refractivity contribution in [2.75, 3.05) is 25.6 Å². The summed E-state index contributed by atoms with van der Waals surface area (Å²) in [5, 5.41) is 7.38. The number of thiazole rings is 1. The summed E-state index contributed by atoms with van der Waals surface area (Å²) in [7, 11) is -1.46. The van der Waals surface area contributed by atoms with Gasteiger partial charge in [-0.15, -0.1) is 11.3 Å². The Hall–Kier alpha value is -1.36. The summed E-state index contributed by atoms with van der Waals surface area (Å²) < 4.78 is 59.7. The van der Waals surface area contributed by atoms with E-state index in [-0.39, 0.29) is 11.8 Å². The highest BCUT2D eigenvalue weighted by Crippen LogP contribution is 2.29. The van der Waals surface area contributed by atoms with Gasteiger partial charge in [0.1, 0.15) is 9.84 Å². The Balaban J connectivity index is 2.40. The highest BCUT2D eigenvalue weighted by molar-refractivity contribution is 7.90. The molecule has 0 amide bonds. The highest BCUT2D eigenvalue weighted by Gasteiger charge is 2.33. The van der Waals surface area contributed by atoms with Crippen LogP contribution in [0.1, 0.15) is 24.0 Å². The van der Waals surface area contributed by atoms with Crippen LogP contribution in [-0.2, 0) is 22.4 Å². The summed E-state index contributed by atoms with van der Waals surface area (Å²) in [6, 6.07) is -0.109. The Labute approximate surface area is 143 Å². The number of guanidine groups is 1. The van der Waals surface area contributed by atoms with Crippen LogP contribution in [0.2, 0.25) is 0 Å². The number of rotatable bonds is 7. The molecule has 1 rings (SSSR count). The first-order valence-corrected chi connectivity index (χ1v) is 10.1. The number of alkyl halides is 3. The summed E-state index contributed by atoms with van der Waals surface area (Å²) in [5.74, 6) is 0.529. The average molecular weight is 386 g/mol. The van der Waals surface area contributed by atoms with E-state index in [1.807, 2.05) is 6.92 Å². The van der Waals surface area contributed by atoms with E-state index in [1.54, 1.807) is 7.05 Å². The maximum absolute atomic E-state index is 12.5. The molecular weight excluding hydrogens is 365 g/mol. The molecule has 1 atom stereocenters. The van der Waals surface area contributed by atoms with E-state index in [4.69, 9.17) is 0 Å². The molecule has 1 unspecified atom stereocenters. The lowest BCUT2D eigenvalue weighted by Gasteiger charge is -2.17. The Morgan fingerprint density at radius 3 is 2.62 bits per heavy atom. The molecule has 0 aliphatic heterocycles. The van der Waals surface area contributed by atoms with E-state index in [9.17, 15) is 21.6 Å². The molecule has 0 bridgehead atoms. The lowest BCUT2D eigenvalue weighted by atomic mass is 10.3. The largest absolute Gasteiger partial charge is 0.434 e. The van der Waals surface area contributed by atoms with Crippen LogP contribution in [0.4, 0.5) is 13.2 Å². The number of nitrogens with zero attached hydrogens (tertiary/aromatic N) is 2. The molecule has 0 spiro atoms. The Bertz CT molecular complexity index is 656.